The molecule has 2 unspecified atom stereocenters. The van der Waals surface area contributed by atoms with Crippen molar-refractivity contribution in [3.63, 3.8) is 0 Å². The molecule has 3 heteroatoms. The van der Waals surface area contributed by atoms with Gasteiger partial charge in [-0.25, -0.2) is 0 Å². The highest BCUT2D eigenvalue weighted by Crippen LogP contribution is 2.41. The normalized spacial score (nSPS) is 12.6. The molecule has 0 aromatic rings. The minimum atomic E-state index is -0.250. The smallest absolute Gasteiger partial charge is 0.290 e. The minimum Gasteiger partial charge on any atom is -0.483 e. The molecule has 0 bridgehead atoms. The fourth-order valence-corrected chi connectivity index (χ4v) is 3.40. The fourth-order valence-electron chi connectivity index (χ4n) is 2.43. The van der Waals surface area contributed by atoms with Gasteiger partial charge in [0.05, 0.1) is 0 Å². The van der Waals surface area contributed by atoms with Gasteiger partial charge in [-0.3, -0.25) is 4.79 Å². The monoisotopic (exact) mass is 248 g/mol. The molecule has 1 N–H and O–H groups in total. The van der Waals surface area contributed by atoms with Crippen LogP contribution in [0, 0.1) is 5.41 Å². The van der Waals surface area contributed by atoms with E-state index in [0.29, 0.717) is 5.41 Å². The molecule has 0 radical (unpaired) electrons. The van der Waals surface area contributed by atoms with E-state index in [2.05, 4.69) is 36.9 Å². The fraction of sp³-hybridized carbons (Fsp3) is 0.923. The van der Waals surface area contributed by atoms with E-state index in [9.17, 15) is 0 Å². The van der Waals surface area contributed by atoms with E-state index in [1.807, 2.05) is 0 Å². The quantitative estimate of drug-likeness (QED) is 0.537. The highest BCUT2D eigenvalue weighted by molar-refractivity contribution is 7.17. The number of carbonyl (C=O) groups is 1. The van der Waals surface area contributed by atoms with Crippen molar-refractivity contribution in [1.29, 1.82) is 0 Å². The first kappa shape index (κ1) is 18.3. The number of hydrogen-bond donors (Lipinski definition) is 1. The molecule has 16 heavy (non-hydrogen) atoms. The van der Waals surface area contributed by atoms with Crippen molar-refractivity contribution in [2.75, 3.05) is 0 Å². The molecule has 0 rings (SSSR count). The van der Waals surface area contributed by atoms with Crippen molar-refractivity contribution in [1.82, 2.24) is 0 Å². The van der Waals surface area contributed by atoms with Crippen molar-refractivity contribution in [2.45, 2.75) is 71.9 Å². The third-order valence-corrected chi connectivity index (χ3v) is 4.58. The van der Waals surface area contributed by atoms with Crippen molar-refractivity contribution in [3.8, 4) is 0 Å². The van der Waals surface area contributed by atoms with Gasteiger partial charge in [0.2, 0.25) is 0 Å². The van der Waals surface area contributed by atoms with Crippen LogP contribution in [0.5, 0.6) is 0 Å². The van der Waals surface area contributed by atoms with Crippen LogP contribution < -0.4 is 0 Å². The van der Waals surface area contributed by atoms with Crippen LogP contribution in [0.25, 0.3) is 0 Å². The lowest BCUT2D eigenvalue weighted by Gasteiger charge is -2.37. The molecule has 0 saturated heterocycles. The zero-order valence-corrected chi connectivity index (χ0v) is 12.5. The van der Waals surface area contributed by atoms with E-state index < -0.39 is 0 Å². The van der Waals surface area contributed by atoms with Gasteiger partial charge in [0.25, 0.3) is 6.47 Å². The summed E-state index contributed by atoms with van der Waals surface area (Å²) in [5.74, 6) is 0. The molecule has 0 heterocycles. The van der Waals surface area contributed by atoms with Gasteiger partial charge in [-0.2, -0.15) is 0 Å². The highest BCUT2D eigenvalue weighted by Gasteiger charge is 2.30. The summed E-state index contributed by atoms with van der Waals surface area (Å²) in [6, 6.07) is 0. The molecule has 0 aliphatic heterocycles. The Bertz CT molecular complexity index is 156. The second-order valence-electron chi connectivity index (χ2n) is 4.32. The summed E-state index contributed by atoms with van der Waals surface area (Å²) in [4.78, 5) is 8.36. The second kappa shape index (κ2) is 11.4. The van der Waals surface area contributed by atoms with Crippen LogP contribution in [0.2, 0.25) is 0 Å². The summed E-state index contributed by atoms with van der Waals surface area (Å²) < 4.78 is 0. The predicted octanol–water partition coefficient (Wildman–Crippen LogP) is 4.34. The van der Waals surface area contributed by atoms with Crippen LogP contribution in [-0.4, -0.2) is 17.2 Å². The zero-order valence-electron chi connectivity index (χ0n) is 11.3. The van der Waals surface area contributed by atoms with Crippen molar-refractivity contribution in [2.24, 2.45) is 5.41 Å². The van der Waals surface area contributed by atoms with E-state index in [4.69, 9.17) is 9.90 Å². The minimum absolute atomic E-state index is 0.250. The molecule has 0 aliphatic rings. The molecule has 0 aliphatic carbocycles. The van der Waals surface area contributed by atoms with Gasteiger partial charge in [-0.1, -0.05) is 40.5 Å². The van der Waals surface area contributed by atoms with Gasteiger partial charge in [0.1, 0.15) is 0 Å². The Hall–Kier alpha value is -0.100. The van der Waals surface area contributed by atoms with Gasteiger partial charge < -0.3 is 5.11 Å². The molecule has 2 nitrogen and oxygen atoms in total. The first-order chi connectivity index (χ1) is 7.58. The summed E-state index contributed by atoms with van der Waals surface area (Å²) in [7, 11) is 3.09. The summed E-state index contributed by atoms with van der Waals surface area (Å²) in [5.41, 5.74) is 1.43. The van der Waals surface area contributed by atoms with Gasteiger partial charge in [-0.05, 0) is 36.8 Å². The maximum atomic E-state index is 8.36. The van der Waals surface area contributed by atoms with Crippen LogP contribution >= 0.6 is 9.24 Å². The Morgan fingerprint density at radius 2 is 1.62 bits per heavy atom. The lowest BCUT2D eigenvalue weighted by atomic mass is 9.74. The Labute approximate surface area is 103 Å². The lowest BCUT2D eigenvalue weighted by molar-refractivity contribution is -0.122. The maximum absolute atomic E-state index is 8.36. The SMILES string of the molecule is CCCC(P)C(CC)(CC)CCC.O=CO. The van der Waals surface area contributed by atoms with Gasteiger partial charge in [-0.15, -0.1) is 9.24 Å². The molecule has 0 aromatic carbocycles. The summed E-state index contributed by atoms with van der Waals surface area (Å²) in [6.45, 7) is 9.06. The van der Waals surface area contributed by atoms with E-state index in [0.717, 1.165) is 5.66 Å². The predicted molar refractivity (Wildman–Crippen MR) is 75.0 cm³/mol. The standard InChI is InChI=1S/C12H27P.CH2O2/c1-5-9-11(13)12(7-3,8-4)10-6-2;2-1-3/h11H,5-10,13H2,1-4H3;1H,(H,2,3). The van der Waals surface area contributed by atoms with Crippen molar-refractivity contribution in [3.05, 3.63) is 0 Å². The van der Waals surface area contributed by atoms with Crippen molar-refractivity contribution < 1.29 is 9.90 Å². The Morgan fingerprint density at radius 1 is 1.19 bits per heavy atom. The van der Waals surface area contributed by atoms with Crippen LogP contribution in [0.15, 0.2) is 0 Å². The number of hydrogen-bond acceptors (Lipinski definition) is 1. The molecule has 0 amide bonds. The molecule has 0 spiro atoms. The Kier molecular flexibility index (Phi) is 13.0. The number of carboxylic acid groups (broad SMARTS) is 1. The summed E-state index contributed by atoms with van der Waals surface area (Å²) in [5, 5.41) is 6.89. The molecular weight excluding hydrogens is 219 g/mol. The van der Waals surface area contributed by atoms with Crippen LogP contribution in [0.3, 0.4) is 0 Å². The van der Waals surface area contributed by atoms with Gasteiger partial charge in [0, 0.05) is 0 Å². The molecule has 0 saturated carbocycles. The molecule has 0 fully saturated rings. The largest absolute Gasteiger partial charge is 0.483 e. The Balaban J connectivity index is 0. The van der Waals surface area contributed by atoms with E-state index in [1.165, 1.54) is 38.5 Å². The molecular formula is C13H29O2P. The molecule has 98 valence electrons. The lowest BCUT2D eigenvalue weighted by Crippen LogP contribution is -2.29. The third-order valence-electron chi connectivity index (χ3n) is 3.54. The molecule has 0 aromatic heterocycles. The van der Waals surface area contributed by atoms with Crippen LogP contribution in [0.4, 0.5) is 0 Å². The second-order valence-corrected chi connectivity index (χ2v) is 5.12. The van der Waals surface area contributed by atoms with E-state index in [-0.39, 0.29) is 6.47 Å². The number of rotatable bonds is 7. The van der Waals surface area contributed by atoms with Crippen LogP contribution in [0.1, 0.15) is 66.2 Å². The Morgan fingerprint density at radius 3 is 1.88 bits per heavy atom. The maximum Gasteiger partial charge on any atom is 0.290 e. The van der Waals surface area contributed by atoms with Gasteiger partial charge in [0.15, 0.2) is 0 Å². The highest BCUT2D eigenvalue weighted by atomic mass is 31.0. The average molecular weight is 248 g/mol. The first-order valence-corrected chi connectivity index (χ1v) is 7.08. The summed E-state index contributed by atoms with van der Waals surface area (Å²) >= 11 is 0. The average Bonchev–Trinajstić information content (AvgIpc) is 2.27. The van der Waals surface area contributed by atoms with Gasteiger partial charge >= 0.3 is 0 Å². The van der Waals surface area contributed by atoms with E-state index in [1.54, 1.807) is 0 Å². The molecule has 2 atom stereocenters. The first-order valence-electron chi connectivity index (χ1n) is 6.41. The van der Waals surface area contributed by atoms with E-state index >= 15 is 0 Å². The topological polar surface area (TPSA) is 37.3 Å². The van der Waals surface area contributed by atoms with Crippen LogP contribution in [-0.2, 0) is 4.79 Å². The van der Waals surface area contributed by atoms with Crippen molar-refractivity contribution >= 4 is 15.7 Å². The summed E-state index contributed by atoms with van der Waals surface area (Å²) in [6.07, 6.45) is 8.09. The zero-order chi connectivity index (χ0) is 13.0. The third kappa shape index (κ3) is 6.48.